The van der Waals surface area contributed by atoms with Gasteiger partial charge in [0.2, 0.25) is 5.95 Å². The summed E-state index contributed by atoms with van der Waals surface area (Å²) in [4.78, 5) is 15.3. The number of piperazine rings is 1. The molecule has 1 N–H and O–H groups in total. The molecule has 0 amide bonds. The number of para-hydroxylation sites is 1. The van der Waals surface area contributed by atoms with Crippen LogP contribution in [0.2, 0.25) is 0 Å². The third-order valence-electron chi connectivity index (χ3n) is 5.19. The molecule has 1 aromatic carbocycles. The maximum atomic E-state index is 15.0. The average Bonchev–Trinajstić information content (AvgIpc) is 2.75. The van der Waals surface area contributed by atoms with Gasteiger partial charge in [-0.05, 0) is 12.1 Å². The first kappa shape index (κ1) is 18.9. The lowest BCUT2D eigenvalue weighted by molar-refractivity contribution is 0.0226. The Morgan fingerprint density at radius 3 is 2.43 bits per heavy atom. The van der Waals surface area contributed by atoms with Crippen molar-refractivity contribution in [3.8, 4) is 0 Å². The van der Waals surface area contributed by atoms with Gasteiger partial charge in [-0.3, -0.25) is 0 Å². The molecule has 1 aromatic heterocycles. The van der Waals surface area contributed by atoms with Crippen LogP contribution in [0.15, 0.2) is 30.3 Å². The van der Waals surface area contributed by atoms with Crippen LogP contribution in [-0.2, 0) is 4.74 Å². The number of hydrogen-bond donors (Lipinski definition) is 1. The van der Waals surface area contributed by atoms with Gasteiger partial charge in [0.05, 0.1) is 6.61 Å². The quantitative estimate of drug-likeness (QED) is 0.858. The summed E-state index contributed by atoms with van der Waals surface area (Å²) in [6.45, 7) is 5.21. The van der Waals surface area contributed by atoms with Crippen LogP contribution in [0, 0.1) is 5.82 Å². The molecule has 7 nitrogen and oxygen atoms in total. The lowest BCUT2D eigenvalue weighted by Crippen LogP contribution is -2.47. The van der Waals surface area contributed by atoms with Crippen molar-refractivity contribution in [1.29, 1.82) is 0 Å². The summed E-state index contributed by atoms with van der Waals surface area (Å²) in [6, 6.07) is 10.4. The van der Waals surface area contributed by atoms with Crippen LogP contribution in [0.25, 0.3) is 0 Å². The first-order valence-electron chi connectivity index (χ1n) is 9.75. The summed E-state index contributed by atoms with van der Waals surface area (Å²) in [7, 11) is 3.60. The number of benzene rings is 1. The third kappa shape index (κ3) is 3.88. The number of rotatable bonds is 4. The highest BCUT2D eigenvalue weighted by molar-refractivity contribution is 5.50. The van der Waals surface area contributed by atoms with E-state index in [1.54, 1.807) is 19.0 Å². The summed E-state index contributed by atoms with van der Waals surface area (Å²) in [5, 5.41) is 3.25. The maximum absolute atomic E-state index is 15.0. The van der Waals surface area contributed by atoms with Crippen LogP contribution in [-0.4, -0.2) is 69.9 Å². The molecule has 2 aliphatic rings. The van der Waals surface area contributed by atoms with Gasteiger partial charge in [0.1, 0.15) is 11.8 Å². The van der Waals surface area contributed by atoms with Gasteiger partial charge in [-0.1, -0.05) is 18.2 Å². The van der Waals surface area contributed by atoms with Crippen molar-refractivity contribution in [2.45, 2.75) is 6.10 Å². The molecule has 4 rings (SSSR count). The Kier molecular flexibility index (Phi) is 5.59. The molecule has 0 bridgehead atoms. The molecule has 2 fully saturated rings. The standard InChI is InChI=1S/C20H27FN6O/c1-25(2)19-17(21)18(16-14-22-8-13-28-16)23-20(24-19)27-11-9-26(10-12-27)15-6-4-3-5-7-15/h3-7,16,22H,8-14H2,1-2H3. The highest BCUT2D eigenvalue weighted by Gasteiger charge is 2.28. The highest BCUT2D eigenvalue weighted by atomic mass is 19.1. The van der Waals surface area contributed by atoms with E-state index in [1.165, 1.54) is 5.69 Å². The zero-order chi connectivity index (χ0) is 19.5. The lowest BCUT2D eigenvalue weighted by Gasteiger charge is -2.36. The normalized spacial score (nSPS) is 20.3. The molecule has 1 atom stereocenters. The Morgan fingerprint density at radius 2 is 1.79 bits per heavy atom. The molecule has 0 radical (unpaired) electrons. The van der Waals surface area contributed by atoms with E-state index in [-0.39, 0.29) is 6.10 Å². The zero-order valence-corrected chi connectivity index (χ0v) is 16.4. The van der Waals surface area contributed by atoms with Crippen molar-refractivity contribution >= 4 is 17.5 Å². The van der Waals surface area contributed by atoms with E-state index in [0.29, 0.717) is 30.6 Å². The predicted octanol–water partition coefficient (Wildman–Crippen LogP) is 1.67. The molecular weight excluding hydrogens is 359 g/mol. The molecule has 8 heteroatoms. The SMILES string of the molecule is CN(C)c1nc(N2CCN(c3ccccc3)CC2)nc(C2CNCCO2)c1F. The summed E-state index contributed by atoms with van der Waals surface area (Å²) in [5.74, 6) is 0.479. The number of ether oxygens (including phenoxy) is 1. The molecule has 150 valence electrons. The second kappa shape index (κ2) is 8.28. The van der Waals surface area contributed by atoms with Gasteiger partial charge in [-0.25, -0.2) is 9.37 Å². The van der Waals surface area contributed by atoms with Crippen molar-refractivity contribution in [2.75, 3.05) is 74.7 Å². The topological polar surface area (TPSA) is 56.8 Å². The molecule has 1 unspecified atom stereocenters. The van der Waals surface area contributed by atoms with Crippen molar-refractivity contribution in [2.24, 2.45) is 0 Å². The smallest absolute Gasteiger partial charge is 0.227 e. The summed E-state index contributed by atoms with van der Waals surface area (Å²) in [6.07, 6.45) is -0.389. The lowest BCUT2D eigenvalue weighted by atomic mass is 10.2. The minimum atomic E-state index is -0.398. The molecule has 2 saturated heterocycles. The number of aromatic nitrogens is 2. The predicted molar refractivity (Wildman–Crippen MR) is 109 cm³/mol. The van der Waals surface area contributed by atoms with Crippen LogP contribution in [0.3, 0.4) is 0 Å². The van der Waals surface area contributed by atoms with Crippen molar-refractivity contribution < 1.29 is 9.13 Å². The summed E-state index contributed by atoms with van der Waals surface area (Å²) in [5.41, 5.74) is 1.56. The average molecular weight is 386 g/mol. The monoisotopic (exact) mass is 386 g/mol. The minimum absolute atomic E-state index is 0.305. The second-order valence-corrected chi connectivity index (χ2v) is 7.31. The Balaban J connectivity index is 1.56. The van der Waals surface area contributed by atoms with Crippen LogP contribution in [0.4, 0.5) is 21.8 Å². The van der Waals surface area contributed by atoms with Crippen LogP contribution >= 0.6 is 0 Å². The van der Waals surface area contributed by atoms with E-state index in [1.807, 2.05) is 6.07 Å². The van der Waals surface area contributed by atoms with Crippen molar-refractivity contribution in [3.63, 3.8) is 0 Å². The molecule has 2 aromatic rings. The Hall–Kier alpha value is -2.45. The molecule has 0 saturated carbocycles. The van der Waals surface area contributed by atoms with Gasteiger partial charge in [-0.2, -0.15) is 4.98 Å². The van der Waals surface area contributed by atoms with Gasteiger partial charge < -0.3 is 24.8 Å². The van der Waals surface area contributed by atoms with E-state index < -0.39 is 5.82 Å². The van der Waals surface area contributed by atoms with E-state index in [4.69, 9.17) is 4.74 Å². The van der Waals surface area contributed by atoms with Crippen LogP contribution < -0.4 is 20.0 Å². The van der Waals surface area contributed by atoms with Crippen molar-refractivity contribution in [1.82, 2.24) is 15.3 Å². The van der Waals surface area contributed by atoms with E-state index in [9.17, 15) is 0 Å². The number of halogens is 1. The first-order chi connectivity index (χ1) is 13.6. The number of hydrogen-bond acceptors (Lipinski definition) is 7. The number of morpholine rings is 1. The molecule has 28 heavy (non-hydrogen) atoms. The van der Waals surface area contributed by atoms with Gasteiger partial charge in [0, 0.05) is 59.1 Å². The van der Waals surface area contributed by atoms with Gasteiger partial charge in [0.25, 0.3) is 0 Å². The highest BCUT2D eigenvalue weighted by Crippen LogP contribution is 2.28. The minimum Gasteiger partial charge on any atom is -0.369 e. The van der Waals surface area contributed by atoms with E-state index in [0.717, 1.165) is 32.7 Å². The number of anilines is 3. The zero-order valence-electron chi connectivity index (χ0n) is 16.4. The fourth-order valence-corrected chi connectivity index (χ4v) is 3.64. The second-order valence-electron chi connectivity index (χ2n) is 7.31. The summed E-state index contributed by atoms with van der Waals surface area (Å²) < 4.78 is 20.8. The number of nitrogens with zero attached hydrogens (tertiary/aromatic N) is 5. The van der Waals surface area contributed by atoms with Gasteiger partial charge in [0.15, 0.2) is 11.6 Å². The molecular formula is C20H27FN6O. The molecule has 3 heterocycles. The summed E-state index contributed by atoms with van der Waals surface area (Å²) >= 11 is 0. The van der Waals surface area contributed by atoms with Gasteiger partial charge in [-0.15, -0.1) is 0 Å². The van der Waals surface area contributed by atoms with Gasteiger partial charge >= 0.3 is 0 Å². The van der Waals surface area contributed by atoms with E-state index in [2.05, 4.69) is 49.4 Å². The molecule has 0 aliphatic carbocycles. The van der Waals surface area contributed by atoms with Crippen LogP contribution in [0.5, 0.6) is 0 Å². The molecule has 0 spiro atoms. The van der Waals surface area contributed by atoms with Crippen LogP contribution in [0.1, 0.15) is 11.8 Å². The third-order valence-corrected chi connectivity index (χ3v) is 5.19. The Labute approximate surface area is 165 Å². The largest absolute Gasteiger partial charge is 0.369 e. The van der Waals surface area contributed by atoms with Crippen molar-refractivity contribution in [3.05, 3.63) is 41.8 Å². The fraction of sp³-hybridized carbons (Fsp3) is 0.500. The van der Waals surface area contributed by atoms with E-state index >= 15 is 4.39 Å². The Bertz CT molecular complexity index is 789. The number of nitrogens with one attached hydrogen (secondary N) is 1. The maximum Gasteiger partial charge on any atom is 0.227 e. The first-order valence-corrected chi connectivity index (χ1v) is 9.75. The fourth-order valence-electron chi connectivity index (χ4n) is 3.64. The molecule has 2 aliphatic heterocycles. The Morgan fingerprint density at radius 1 is 1.07 bits per heavy atom.